The second-order valence-electron chi connectivity index (χ2n) is 6.02. The maximum atomic E-state index is 12.5. The highest BCUT2D eigenvalue weighted by Crippen LogP contribution is 2.22. The number of carbonyl (C=O) groups is 2. The Balaban J connectivity index is 1.74. The van der Waals surface area contributed by atoms with Gasteiger partial charge in [0, 0.05) is 10.7 Å². The number of esters is 1. The van der Waals surface area contributed by atoms with E-state index in [0.717, 1.165) is 16.3 Å². The number of fused-ring (bicyclic) bond motifs is 1. The number of benzene rings is 3. The monoisotopic (exact) mass is 367 g/mol. The van der Waals surface area contributed by atoms with Crippen LogP contribution >= 0.6 is 11.6 Å². The number of rotatable bonds is 4. The summed E-state index contributed by atoms with van der Waals surface area (Å²) >= 11 is 5.96. The Morgan fingerprint density at radius 1 is 1.04 bits per heavy atom. The van der Waals surface area contributed by atoms with Crippen molar-refractivity contribution in [1.82, 2.24) is 0 Å². The van der Waals surface area contributed by atoms with Crippen LogP contribution in [0.2, 0.25) is 5.02 Å². The zero-order chi connectivity index (χ0) is 18.7. The molecule has 1 amide bonds. The van der Waals surface area contributed by atoms with Crippen molar-refractivity contribution in [3.05, 3.63) is 76.8 Å². The van der Waals surface area contributed by atoms with E-state index in [1.807, 2.05) is 43.3 Å². The summed E-state index contributed by atoms with van der Waals surface area (Å²) in [5.41, 5.74) is 1.90. The van der Waals surface area contributed by atoms with Gasteiger partial charge in [-0.25, -0.2) is 4.79 Å². The van der Waals surface area contributed by atoms with E-state index in [9.17, 15) is 9.59 Å². The van der Waals surface area contributed by atoms with Crippen molar-refractivity contribution in [3.63, 3.8) is 0 Å². The molecule has 3 aromatic rings. The zero-order valence-electron chi connectivity index (χ0n) is 14.5. The maximum Gasteiger partial charge on any atom is 0.339 e. The average molecular weight is 368 g/mol. The molecule has 0 bridgehead atoms. The molecule has 3 rings (SSSR count). The van der Waals surface area contributed by atoms with Crippen LogP contribution in [0.3, 0.4) is 0 Å². The van der Waals surface area contributed by atoms with Crippen molar-refractivity contribution in [1.29, 1.82) is 0 Å². The summed E-state index contributed by atoms with van der Waals surface area (Å²) < 4.78 is 5.36. The van der Waals surface area contributed by atoms with E-state index in [-0.39, 0.29) is 0 Å². The van der Waals surface area contributed by atoms with Crippen LogP contribution in [-0.2, 0) is 9.53 Å². The first-order valence-corrected chi connectivity index (χ1v) is 8.59. The van der Waals surface area contributed by atoms with Crippen LogP contribution in [-0.4, -0.2) is 18.0 Å². The Bertz CT molecular complexity index is 979. The first-order valence-electron chi connectivity index (χ1n) is 8.21. The van der Waals surface area contributed by atoms with E-state index in [0.29, 0.717) is 16.3 Å². The molecule has 0 saturated carbocycles. The number of hydrogen-bond donors (Lipinski definition) is 1. The maximum absolute atomic E-state index is 12.5. The lowest BCUT2D eigenvalue weighted by Crippen LogP contribution is -2.30. The molecule has 0 spiro atoms. The molecule has 1 N–H and O–H groups in total. The SMILES string of the molecule is Cc1ccc(Cl)cc1NC(=O)[C@H](C)OC(=O)c1cccc2ccccc12. The van der Waals surface area contributed by atoms with Crippen molar-refractivity contribution in [2.45, 2.75) is 20.0 Å². The number of hydrogen-bond acceptors (Lipinski definition) is 3. The lowest BCUT2D eigenvalue weighted by molar-refractivity contribution is -0.123. The fraction of sp³-hybridized carbons (Fsp3) is 0.143. The minimum atomic E-state index is -0.945. The van der Waals surface area contributed by atoms with E-state index in [2.05, 4.69) is 5.32 Å². The van der Waals surface area contributed by atoms with Gasteiger partial charge in [-0.15, -0.1) is 0 Å². The third-order valence-corrected chi connectivity index (χ3v) is 4.36. The molecule has 0 aliphatic carbocycles. The molecule has 26 heavy (non-hydrogen) atoms. The fourth-order valence-corrected chi connectivity index (χ4v) is 2.82. The van der Waals surface area contributed by atoms with Gasteiger partial charge in [0.05, 0.1) is 5.56 Å². The largest absolute Gasteiger partial charge is 0.449 e. The summed E-state index contributed by atoms with van der Waals surface area (Å²) in [6, 6.07) is 18.2. The lowest BCUT2D eigenvalue weighted by Gasteiger charge is -2.15. The minimum Gasteiger partial charge on any atom is -0.449 e. The first kappa shape index (κ1) is 18.0. The Hall–Kier alpha value is -2.85. The third-order valence-electron chi connectivity index (χ3n) is 4.12. The Morgan fingerprint density at radius 3 is 2.58 bits per heavy atom. The van der Waals surface area contributed by atoms with Gasteiger partial charge >= 0.3 is 5.97 Å². The second-order valence-corrected chi connectivity index (χ2v) is 6.46. The van der Waals surface area contributed by atoms with Crippen molar-refractivity contribution < 1.29 is 14.3 Å². The molecule has 0 saturated heterocycles. The normalized spacial score (nSPS) is 11.8. The molecule has 5 heteroatoms. The van der Waals surface area contributed by atoms with Gasteiger partial charge in [0.1, 0.15) is 0 Å². The zero-order valence-corrected chi connectivity index (χ0v) is 15.2. The van der Waals surface area contributed by atoms with Gasteiger partial charge in [-0.2, -0.15) is 0 Å². The van der Waals surface area contributed by atoms with Crippen LogP contribution in [0, 0.1) is 6.92 Å². The van der Waals surface area contributed by atoms with Crippen LogP contribution < -0.4 is 5.32 Å². The third kappa shape index (κ3) is 3.86. The predicted octanol–water partition coefficient (Wildman–Crippen LogP) is 4.99. The van der Waals surface area contributed by atoms with Crippen LogP contribution in [0.15, 0.2) is 60.7 Å². The molecule has 1 atom stereocenters. The molecular formula is C21H18ClNO3. The Morgan fingerprint density at radius 2 is 1.77 bits per heavy atom. The van der Waals surface area contributed by atoms with Gasteiger partial charge in [0.15, 0.2) is 6.10 Å². The van der Waals surface area contributed by atoms with Gasteiger partial charge in [-0.3, -0.25) is 4.79 Å². The molecule has 0 aliphatic heterocycles. The van der Waals surface area contributed by atoms with Gasteiger partial charge in [-0.05, 0) is 48.4 Å². The van der Waals surface area contributed by atoms with E-state index < -0.39 is 18.0 Å². The summed E-state index contributed by atoms with van der Waals surface area (Å²) in [6.07, 6.45) is -0.945. The molecule has 0 aliphatic rings. The van der Waals surface area contributed by atoms with Gasteiger partial charge in [0.2, 0.25) is 0 Å². The number of amides is 1. The quantitative estimate of drug-likeness (QED) is 0.661. The fourth-order valence-electron chi connectivity index (χ4n) is 2.64. The number of ether oxygens (including phenoxy) is 1. The average Bonchev–Trinajstić information content (AvgIpc) is 2.64. The molecule has 4 nitrogen and oxygen atoms in total. The van der Waals surface area contributed by atoms with Crippen molar-refractivity contribution in [2.75, 3.05) is 5.32 Å². The summed E-state index contributed by atoms with van der Waals surface area (Å²) in [4.78, 5) is 24.9. The molecule has 0 heterocycles. The molecule has 0 aromatic heterocycles. The summed E-state index contributed by atoms with van der Waals surface area (Å²) in [5.74, 6) is -0.948. The topological polar surface area (TPSA) is 55.4 Å². The first-order chi connectivity index (χ1) is 12.5. The van der Waals surface area contributed by atoms with E-state index >= 15 is 0 Å². The summed E-state index contributed by atoms with van der Waals surface area (Å²) in [5, 5.41) is 4.99. The molecule has 0 radical (unpaired) electrons. The smallest absolute Gasteiger partial charge is 0.339 e. The second kappa shape index (κ2) is 7.58. The summed E-state index contributed by atoms with van der Waals surface area (Å²) in [7, 11) is 0. The number of anilines is 1. The Labute approximate surface area is 156 Å². The van der Waals surface area contributed by atoms with E-state index in [1.54, 1.807) is 24.3 Å². The van der Waals surface area contributed by atoms with Gasteiger partial charge in [-0.1, -0.05) is 54.1 Å². The van der Waals surface area contributed by atoms with E-state index in [4.69, 9.17) is 16.3 Å². The molecule has 3 aromatic carbocycles. The molecule has 132 valence electrons. The van der Waals surface area contributed by atoms with Crippen LogP contribution in [0.4, 0.5) is 5.69 Å². The van der Waals surface area contributed by atoms with Crippen molar-refractivity contribution in [3.8, 4) is 0 Å². The van der Waals surface area contributed by atoms with Gasteiger partial charge in [0.25, 0.3) is 5.91 Å². The highest BCUT2D eigenvalue weighted by molar-refractivity contribution is 6.31. The van der Waals surface area contributed by atoms with Crippen LogP contribution in [0.25, 0.3) is 10.8 Å². The van der Waals surface area contributed by atoms with Crippen molar-refractivity contribution >= 4 is 39.9 Å². The highest BCUT2D eigenvalue weighted by atomic mass is 35.5. The predicted molar refractivity (Wildman–Crippen MR) is 104 cm³/mol. The Kier molecular flexibility index (Phi) is 5.24. The summed E-state index contributed by atoms with van der Waals surface area (Å²) in [6.45, 7) is 3.40. The van der Waals surface area contributed by atoms with E-state index in [1.165, 1.54) is 6.92 Å². The number of carbonyl (C=O) groups excluding carboxylic acids is 2. The molecule has 0 fully saturated rings. The molecular weight excluding hydrogens is 350 g/mol. The molecule has 0 unspecified atom stereocenters. The number of halogens is 1. The van der Waals surface area contributed by atoms with Crippen LogP contribution in [0.5, 0.6) is 0 Å². The lowest BCUT2D eigenvalue weighted by atomic mass is 10.0. The number of nitrogens with one attached hydrogen (secondary N) is 1. The highest BCUT2D eigenvalue weighted by Gasteiger charge is 2.20. The van der Waals surface area contributed by atoms with Gasteiger partial charge < -0.3 is 10.1 Å². The minimum absolute atomic E-state index is 0.413. The number of aryl methyl sites for hydroxylation is 1. The standard InChI is InChI=1S/C21H18ClNO3/c1-13-10-11-16(22)12-19(13)23-20(24)14(2)26-21(25)18-9-5-7-15-6-3-4-8-17(15)18/h3-12,14H,1-2H3,(H,23,24)/t14-/m0/s1. The van der Waals surface area contributed by atoms with Crippen LogP contribution in [0.1, 0.15) is 22.8 Å². The van der Waals surface area contributed by atoms with Crippen molar-refractivity contribution in [2.24, 2.45) is 0 Å².